The molecule has 0 unspecified atom stereocenters. The Morgan fingerprint density at radius 2 is 1.88 bits per heavy atom. The topological polar surface area (TPSA) is 117 Å². The van der Waals surface area contributed by atoms with Crippen molar-refractivity contribution in [3.8, 4) is 28.8 Å². The number of nitrogens with two attached hydrogens (primary N) is 1. The molecule has 9 nitrogen and oxygen atoms in total. The van der Waals surface area contributed by atoms with E-state index in [1.165, 1.54) is 23.3 Å². The van der Waals surface area contributed by atoms with Gasteiger partial charge in [0, 0.05) is 24.8 Å². The van der Waals surface area contributed by atoms with Crippen LogP contribution in [0.25, 0.3) is 28.2 Å². The van der Waals surface area contributed by atoms with Crippen LogP contribution >= 0.6 is 0 Å². The fraction of sp³-hybridized carbons (Fsp3) is 0.0909. The lowest BCUT2D eigenvalue weighted by Crippen LogP contribution is -2.01. The Labute approximate surface area is 180 Å². The van der Waals surface area contributed by atoms with Crippen LogP contribution < -0.4 is 15.8 Å². The second-order valence-electron chi connectivity index (χ2n) is 7.39. The Hall–Kier alpha value is -4.31. The molecule has 6 rings (SSSR count). The average molecular weight is 429 g/mol. The van der Waals surface area contributed by atoms with Gasteiger partial charge in [-0.15, -0.1) is 0 Å². The van der Waals surface area contributed by atoms with Crippen LogP contribution in [-0.4, -0.2) is 24.8 Å². The number of nitrogens with one attached hydrogen (secondary N) is 1. The zero-order valence-electron chi connectivity index (χ0n) is 16.6. The molecule has 3 N–H and O–H groups in total. The van der Waals surface area contributed by atoms with Gasteiger partial charge in [0.1, 0.15) is 17.1 Å². The van der Waals surface area contributed by atoms with Crippen molar-refractivity contribution in [2.75, 3.05) is 5.73 Å². The van der Waals surface area contributed by atoms with Gasteiger partial charge in [-0.25, -0.2) is 19.0 Å². The molecule has 4 heterocycles. The van der Waals surface area contributed by atoms with Crippen molar-refractivity contribution in [1.29, 1.82) is 0 Å². The Morgan fingerprint density at radius 1 is 1.03 bits per heavy atom. The fourth-order valence-corrected chi connectivity index (χ4v) is 3.83. The van der Waals surface area contributed by atoms with E-state index < -0.39 is 0 Å². The van der Waals surface area contributed by atoms with E-state index in [0.29, 0.717) is 28.7 Å². The Morgan fingerprint density at radius 3 is 2.69 bits per heavy atom. The molecule has 0 aliphatic carbocycles. The molecule has 0 amide bonds. The molecule has 32 heavy (non-hydrogen) atoms. The number of halogens is 1. The number of anilines is 1. The Bertz CT molecular complexity index is 1460. The van der Waals surface area contributed by atoms with E-state index in [-0.39, 0.29) is 11.6 Å². The van der Waals surface area contributed by atoms with Crippen molar-refractivity contribution in [1.82, 2.24) is 30.2 Å². The largest absolute Gasteiger partial charge is 0.439 e. The van der Waals surface area contributed by atoms with Crippen LogP contribution in [0.4, 0.5) is 10.2 Å². The summed E-state index contributed by atoms with van der Waals surface area (Å²) in [7, 11) is 0. The lowest BCUT2D eigenvalue weighted by atomic mass is 10.1. The molecule has 0 fully saturated rings. The third-order valence-corrected chi connectivity index (χ3v) is 5.36. The van der Waals surface area contributed by atoms with Crippen LogP contribution in [0.2, 0.25) is 0 Å². The highest BCUT2D eigenvalue weighted by molar-refractivity contribution is 5.84. The van der Waals surface area contributed by atoms with E-state index in [1.807, 2.05) is 10.6 Å². The maximum Gasteiger partial charge on any atom is 0.221 e. The molecule has 0 bridgehead atoms. The summed E-state index contributed by atoms with van der Waals surface area (Å²) in [5.41, 5.74) is 11.0. The lowest BCUT2D eigenvalue weighted by Gasteiger charge is -2.11. The number of nitrogen functional groups attached to an aromatic ring is 1. The number of ether oxygens (including phenoxy) is 1. The van der Waals surface area contributed by atoms with Gasteiger partial charge in [0.2, 0.25) is 5.88 Å². The van der Waals surface area contributed by atoms with Gasteiger partial charge in [0.15, 0.2) is 17.3 Å². The van der Waals surface area contributed by atoms with Crippen LogP contribution in [0, 0.1) is 5.82 Å². The van der Waals surface area contributed by atoms with E-state index in [9.17, 15) is 4.39 Å². The van der Waals surface area contributed by atoms with Crippen LogP contribution in [0.5, 0.6) is 11.6 Å². The van der Waals surface area contributed by atoms with Gasteiger partial charge in [0.05, 0.1) is 11.7 Å². The van der Waals surface area contributed by atoms with E-state index in [0.717, 1.165) is 24.3 Å². The van der Waals surface area contributed by atoms with Gasteiger partial charge in [-0.3, -0.25) is 4.57 Å². The number of nitrogens with zero attached hydrogens (tertiary/aromatic N) is 5. The van der Waals surface area contributed by atoms with E-state index >= 15 is 0 Å². The lowest BCUT2D eigenvalue weighted by molar-refractivity contribution is 0.310. The molecule has 2 aromatic carbocycles. The molecule has 158 valence electrons. The minimum Gasteiger partial charge on any atom is -0.439 e. The second-order valence-corrected chi connectivity index (χ2v) is 7.39. The summed E-state index contributed by atoms with van der Waals surface area (Å²) >= 11 is 0. The third-order valence-electron chi connectivity index (χ3n) is 5.36. The highest BCUT2D eigenvalue weighted by Gasteiger charge is 2.22. The van der Waals surface area contributed by atoms with Crippen LogP contribution in [0.3, 0.4) is 0 Å². The van der Waals surface area contributed by atoms with E-state index in [2.05, 4.69) is 37.7 Å². The minimum absolute atomic E-state index is 0.139. The first-order chi connectivity index (χ1) is 15.7. The van der Waals surface area contributed by atoms with Gasteiger partial charge < -0.3 is 15.8 Å². The first-order valence-electron chi connectivity index (χ1n) is 9.89. The molecule has 0 saturated heterocycles. The predicted molar refractivity (Wildman–Crippen MR) is 114 cm³/mol. The van der Waals surface area contributed by atoms with Gasteiger partial charge in [0.25, 0.3) is 0 Å². The summed E-state index contributed by atoms with van der Waals surface area (Å²) in [4.78, 5) is 9.02. The summed E-state index contributed by atoms with van der Waals surface area (Å²) in [5.74, 6) is 1.09. The molecular weight excluding hydrogens is 413 g/mol. The number of hydrogen-bond donors (Lipinski definition) is 2. The number of aromatic nitrogens is 5. The zero-order chi connectivity index (χ0) is 21.7. The molecule has 0 saturated carbocycles. The number of imidazole rings is 1. The maximum absolute atomic E-state index is 13.2. The second kappa shape index (κ2) is 7.13. The van der Waals surface area contributed by atoms with Crippen LogP contribution in [-0.2, 0) is 13.1 Å². The van der Waals surface area contributed by atoms with Gasteiger partial charge in [-0.1, -0.05) is 6.07 Å². The van der Waals surface area contributed by atoms with Crippen molar-refractivity contribution >= 4 is 16.9 Å². The first-order valence-corrected chi connectivity index (χ1v) is 9.89. The van der Waals surface area contributed by atoms with Crippen molar-refractivity contribution < 1.29 is 13.8 Å². The number of hydrogen-bond acceptors (Lipinski definition) is 8. The Kier molecular flexibility index (Phi) is 4.12. The van der Waals surface area contributed by atoms with Crippen molar-refractivity contribution in [2.24, 2.45) is 0 Å². The normalized spacial score (nSPS) is 12.9. The highest BCUT2D eigenvalue weighted by Crippen LogP contribution is 2.33. The SMILES string of the molecule is Nc1nonc1-c1nc2cnc(Oc3ccc(F)cc3)cc2n1-c1ccc2c(c1)CNC2. The summed E-state index contributed by atoms with van der Waals surface area (Å²) in [6.45, 7) is 1.63. The van der Waals surface area contributed by atoms with Gasteiger partial charge >= 0.3 is 0 Å². The first kappa shape index (κ1) is 18.5. The highest BCUT2D eigenvalue weighted by atomic mass is 19.1. The van der Waals surface area contributed by atoms with Gasteiger partial charge in [-0.2, -0.15) is 0 Å². The van der Waals surface area contributed by atoms with E-state index in [4.69, 9.17) is 15.1 Å². The van der Waals surface area contributed by atoms with E-state index in [1.54, 1.807) is 24.4 Å². The molecular formula is C22H16FN7O2. The van der Waals surface area contributed by atoms with Crippen LogP contribution in [0.15, 0.2) is 59.4 Å². The molecule has 0 radical (unpaired) electrons. The average Bonchev–Trinajstić information content (AvgIpc) is 3.52. The predicted octanol–water partition coefficient (Wildman–Crippen LogP) is 3.59. The monoisotopic (exact) mass is 429 g/mol. The number of fused-ring (bicyclic) bond motifs is 2. The molecule has 1 aliphatic heterocycles. The maximum atomic E-state index is 13.2. The summed E-state index contributed by atoms with van der Waals surface area (Å²) in [6, 6.07) is 13.7. The van der Waals surface area contributed by atoms with Crippen molar-refractivity contribution in [3.63, 3.8) is 0 Å². The third kappa shape index (κ3) is 3.05. The van der Waals surface area contributed by atoms with Crippen molar-refractivity contribution in [2.45, 2.75) is 13.1 Å². The standard InChI is InChI=1S/C22H16FN7O2/c23-14-2-5-16(6-3-14)31-19-8-18-17(11-26-19)27-22(20-21(24)29-32-28-20)30(18)15-4-1-12-9-25-10-13(12)7-15/h1-8,11,25H,9-10H2,(H2,24,29). The molecule has 10 heteroatoms. The number of pyridine rings is 1. The summed E-state index contributed by atoms with van der Waals surface area (Å²) in [6.07, 6.45) is 1.60. The summed E-state index contributed by atoms with van der Waals surface area (Å²) in [5, 5.41) is 11.0. The zero-order valence-corrected chi connectivity index (χ0v) is 16.6. The smallest absolute Gasteiger partial charge is 0.221 e. The fourth-order valence-electron chi connectivity index (χ4n) is 3.83. The molecule has 3 aromatic heterocycles. The molecule has 0 spiro atoms. The molecule has 0 atom stereocenters. The number of benzene rings is 2. The quantitative estimate of drug-likeness (QED) is 0.445. The number of rotatable bonds is 4. The summed E-state index contributed by atoms with van der Waals surface area (Å²) < 4.78 is 25.8. The Balaban J connectivity index is 1.53. The molecule has 5 aromatic rings. The van der Waals surface area contributed by atoms with Crippen LogP contribution in [0.1, 0.15) is 11.1 Å². The molecule has 1 aliphatic rings. The minimum atomic E-state index is -0.339. The van der Waals surface area contributed by atoms with Gasteiger partial charge in [-0.05, 0) is 57.8 Å². The van der Waals surface area contributed by atoms with Crippen molar-refractivity contribution in [3.05, 3.63) is 71.7 Å².